The number of carboxylic acids is 1. The van der Waals surface area contributed by atoms with E-state index in [1.807, 2.05) is 36.4 Å². The highest BCUT2D eigenvalue weighted by Crippen LogP contribution is 2.23. The summed E-state index contributed by atoms with van der Waals surface area (Å²) >= 11 is 0. The summed E-state index contributed by atoms with van der Waals surface area (Å²) in [6.45, 7) is 3.36. The molecule has 4 nitrogen and oxygen atoms in total. The van der Waals surface area contributed by atoms with Crippen LogP contribution in [0, 0.1) is 0 Å². The molecular weight excluding hydrogens is 338 g/mol. The molecule has 0 aromatic heterocycles. The third kappa shape index (κ3) is 5.48. The molecule has 0 spiro atoms. The molecule has 1 fully saturated rings. The van der Waals surface area contributed by atoms with E-state index in [1.54, 1.807) is 12.1 Å². The van der Waals surface area contributed by atoms with Gasteiger partial charge in [0.15, 0.2) is 0 Å². The molecule has 1 aliphatic heterocycles. The van der Waals surface area contributed by atoms with Gasteiger partial charge in [0, 0.05) is 6.54 Å². The molecule has 1 heterocycles. The molecule has 3 rings (SSSR count). The van der Waals surface area contributed by atoms with Gasteiger partial charge in [-0.25, -0.2) is 4.79 Å². The minimum absolute atomic E-state index is 0. The summed E-state index contributed by atoms with van der Waals surface area (Å²) in [5.41, 5.74) is 2.29. The number of rotatable bonds is 6. The SMILES string of the molecule is Cl.O=C(O)c1cc(CN2CCCCC2)ccc1OCc1ccccc1. The van der Waals surface area contributed by atoms with Crippen LogP contribution in [0.2, 0.25) is 0 Å². The van der Waals surface area contributed by atoms with Crippen LogP contribution in [0.5, 0.6) is 5.75 Å². The summed E-state index contributed by atoms with van der Waals surface area (Å²) in [6.07, 6.45) is 3.75. The molecule has 5 heteroatoms. The molecular formula is C20H24ClNO3. The zero-order valence-electron chi connectivity index (χ0n) is 14.2. The number of hydrogen-bond donors (Lipinski definition) is 1. The largest absolute Gasteiger partial charge is 0.488 e. The monoisotopic (exact) mass is 361 g/mol. The van der Waals surface area contributed by atoms with Crippen LogP contribution in [0.1, 0.15) is 40.7 Å². The molecule has 134 valence electrons. The van der Waals surface area contributed by atoms with E-state index in [1.165, 1.54) is 19.3 Å². The first kappa shape index (κ1) is 19.3. The average Bonchev–Trinajstić information content (AvgIpc) is 2.62. The predicted molar refractivity (Wildman–Crippen MR) is 101 cm³/mol. The smallest absolute Gasteiger partial charge is 0.339 e. The van der Waals surface area contributed by atoms with Crippen molar-refractivity contribution >= 4 is 18.4 Å². The third-order valence-corrected chi connectivity index (χ3v) is 4.37. The summed E-state index contributed by atoms with van der Waals surface area (Å²) in [4.78, 5) is 14.0. The minimum Gasteiger partial charge on any atom is -0.488 e. The first-order valence-electron chi connectivity index (χ1n) is 8.48. The average molecular weight is 362 g/mol. The van der Waals surface area contributed by atoms with Crippen molar-refractivity contribution in [1.29, 1.82) is 0 Å². The normalized spacial score (nSPS) is 14.6. The lowest BCUT2D eigenvalue weighted by Crippen LogP contribution is -2.29. The van der Waals surface area contributed by atoms with E-state index >= 15 is 0 Å². The van der Waals surface area contributed by atoms with E-state index in [-0.39, 0.29) is 18.0 Å². The van der Waals surface area contributed by atoms with E-state index in [0.717, 1.165) is 30.8 Å². The fourth-order valence-corrected chi connectivity index (χ4v) is 3.08. The van der Waals surface area contributed by atoms with E-state index in [9.17, 15) is 9.90 Å². The number of hydrogen-bond acceptors (Lipinski definition) is 3. The van der Waals surface area contributed by atoms with E-state index in [4.69, 9.17) is 4.74 Å². The molecule has 0 saturated carbocycles. The molecule has 1 aliphatic rings. The van der Waals surface area contributed by atoms with Crippen molar-refractivity contribution in [3.05, 3.63) is 65.2 Å². The summed E-state index contributed by atoms with van der Waals surface area (Å²) in [6, 6.07) is 15.3. The number of benzene rings is 2. The molecule has 0 bridgehead atoms. The second-order valence-electron chi connectivity index (χ2n) is 6.25. The number of piperidine rings is 1. The fourth-order valence-electron chi connectivity index (χ4n) is 3.08. The Balaban J connectivity index is 0.00000225. The van der Waals surface area contributed by atoms with Crippen molar-refractivity contribution in [3.63, 3.8) is 0 Å². The second-order valence-corrected chi connectivity index (χ2v) is 6.25. The van der Waals surface area contributed by atoms with Crippen LogP contribution >= 0.6 is 12.4 Å². The molecule has 2 aromatic carbocycles. The Morgan fingerprint density at radius 2 is 1.72 bits per heavy atom. The molecule has 0 radical (unpaired) electrons. The van der Waals surface area contributed by atoms with Gasteiger partial charge in [-0.05, 0) is 49.2 Å². The summed E-state index contributed by atoms with van der Waals surface area (Å²) in [5.74, 6) is -0.521. The van der Waals surface area contributed by atoms with Crippen LogP contribution in [0.15, 0.2) is 48.5 Å². The van der Waals surface area contributed by atoms with Crippen LogP contribution in [0.4, 0.5) is 0 Å². The Kier molecular flexibility index (Phi) is 7.29. The maximum absolute atomic E-state index is 11.6. The van der Waals surface area contributed by atoms with Crippen LogP contribution in [0.3, 0.4) is 0 Å². The predicted octanol–water partition coefficient (Wildman–Crippen LogP) is 4.37. The van der Waals surface area contributed by atoms with Crippen molar-refractivity contribution in [3.8, 4) is 5.75 Å². The van der Waals surface area contributed by atoms with Crippen LogP contribution in [-0.4, -0.2) is 29.1 Å². The van der Waals surface area contributed by atoms with Gasteiger partial charge >= 0.3 is 5.97 Å². The van der Waals surface area contributed by atoms with Gasteiger partial charge in [-0.3, -0.25) is 4.90 Å². The first-order chi connectivity index (χ1) is 11.7. The molecule has 1 N–H and O–H groups in total. The lowest BCUT2D eigenvalue weighted by atomic mass is 10.1. The topological polar surface area (TPSA) is 49.8 Å². The lowest BCUT2D eigenvalue weighted by molar-refractivity contribution is 0.0691. The highest BCUT2D eigenvalue weighted by atomic mass is 35.5. The quantitative estimate of drug-likeness (QED) is 0.829. The Hall–Kier alpha value is -2.04. The zero-order valence-corrected chi connectivity index (χ0v) is 15.0. The molecule has 0 aliphatic carbocycles. The third-order valence-electron chi connectivity index (χ3n) is 4.37. The van der Waals surface area contributed by atoms with E-state index in [0.29, 0.717) is 12.4 Å². The highest BCUT2D eigenvalue weighted by Gasteiger charge is 2.15. The van der Waals surface area contributed by atoms with E-state index < -0.39 is 5.97 Å². The number of likely N-dealkylation sites (tertiary alicyclic amines) is 1. The summed E-state index contributed by atoms with van der Waals surface area (Å²) in [5, 5.41) is 9.50. The second kappa shape index (κ2) is 9.44. The molecule has 25 heavy (non-hydrogen) atoms. The maximum Gasteiger partial charge on any atom is 0.339 e. The van der Waals surface area contributed by atoms with Gasteiger partial charge in [0.25, 0.3) is 0 Å². The molecule has 1 saturated heterocycles. The van der Waals surface area contributed by atoms with Gasteiger partial charge in [-0.1, -0.05) is 42.8 Å². The van der Waals surface area contributed by atoms with Gasteiger partial charge in [-0.15, -0.1) is 12.4 Å². The van der Waals surface area contributed by atoms with Crippen LogP contribution in [0.25, 0.3) is 0 Å². The number of carboxylic acid groups (broad SMARTS) is 1. The van der Waals surface area contributed by atoms with Gasteiger partial charge < -0.3 is 9.84 Å². The van der Waals surface area contributed by atoms with Crippen molar-refractivity contribution in [2.24, 2.45) is 0 Å². The van der Waals surface area contributed by atoms with Gasteiger partial charge in [0.05, 0.1) is 0 Å². The summed E-state index contributed by atoms with van der Waals surface area (Å²) in [7, 11) is 0. The lowest BCUT2D eigenvalue weighted by Gasteiger charge is -2.26. The Morgan fingerprint density at radius 1 is 1.00 bits per heavy atom. The van der Waals surface area contributed by atoms with Crippen molar-refractivity contribution in [2.75, 3.05) is 13.1 Å². The van der Waals surface area contributed by atoms with Crippen molar-refractivity contribution < 1.29 is 14.6 Å². The van der Waals surface area contributed by atoms with Crippen molar-refractivity contribution in [1.82, 2.24) is 4.90 Å². The van der Waals surface area contributed by atoms with Crippen molar-refractivity contribution in [2.45, 2.75) is 32.4 Å². The van der Waals surface area contributed by atoms with Gasteiger partial charge in [-0.2, -0.15) is 0 Å². The fraction of sp³-hybridized carbons (Fsp3) is 0.350. The van der Waals surface area contributed by atoms with Gasteiger partial charge in [0.2, 0.25) is 0 Å². The molecule has 0 amide bonds. The number of carbonyl (C=O) groups is 1. The summed E-state index contributed by atoms with van der Waals surface area (Å²) < 4.78 is 5.74. The Bertz CT molecular complexity index is 685. The number of nitrogens with zero attached hydrogens (tertiary/aromatic N) is 1. The molecule has 0 unspecified atom stereocenters. The maximum atomic E-state index is 11.6. The minimum atomic E-state index is -0.946. The van der Waals surface area contributed by atoms with Crippen LogP contribution in [-0.2, 0) is 13.2 Å². The molecule has 0 atom stereocenters. The van der Waals surface area contributed by atoms with Crippen LogP contribution < -0.4 is 4.74 Å². The first-order valence-corrected chi connectivity index (χ1v) is 8.48. The molecule has 2 aromatic rings. The highest BCUT2D eigenvalue weighted by molar-refractivity contribution is 5.91. The Labute approximate surface area is 154 Å². The van der Waals surface area contributed by atoms with Gasteiger partial charge in [0.1, 0.15) is 17.9 Å². The number of ether oxygens (including phenoxy) is 1. The number of halogens is 1. The van der Waals surface area contributed by atoms with E-state index in [2.05, 4.69) is 4.90 Å². The number of aromatic carboxylic acids is 1. The Morgan fingerprint density at radius 3 is 2.40 bits per heavy atom. The zero-order chi connectivity index (χ0) is 16.8. The standard InChI is InChI=1S/C20H23NO3.ClH/c22-20(23)18-13-17(14-21-11-5-2-6-12-21)9-10-19(18)24-15-16-7-3-1-4-8-16;/h1,3-4,7-10,13H,2,5-6,11-12,14-15H2,(H,22,23);1H.